The number of esters is 1. The van der Waals surface area contributed by atoms with Gasteiger partial charge >= 0.3 is 5.97 Å². The number of carbonyl (C=O) groups is 1. The van der Waals surface area contributed by atoms with E-state index in [1.807, 2.05) is 24.0 Å². The number of carbonyl (C=O) groups excluding carboxylic acids is 1. The van der Waals surface area contributed by atoms with E-state index in [0.29, 0.717) is 33.8 Å². The Morgan fingerprint density at radius 1 is 1.21 bits per heavy atom. The van der Waals surface area contributed by atoms with Crippen LogP contribution in [0.3, 0.4) is 0 Å². The highest BCUT2D eigenvalue weighted by Crippen LogP contribution is 2.49. The minimum atomic E-state index is -0.318. The van der Waals surface area contributed by atoms with E-state index in [1.165, 1.54) is 11.3 Å². The van der Waals surface area contributed by atoms with Gasteiger partial charge in [0.15, 0.2) is 16.6 Å². The monoisotopic (exact) mass is 414 g/mol. The molecular formula is C21H22N2O5S. The molecule has 8 heteroatoms. The summed E-state index contributed by atoms with van der Waals surface area (Å²) in [4.78, 5) is 13.2. The standard InChI is InChI=1S/C21H22N2O5S/c1-5-27-20(24)19-14-8-6-12-11-22-23(2)18(12)17(14)21(29-19)28-13-7-9-15(25-3)16(10-13)26-4/h7,9-11H,5-6,8H2,1-4H3. The maximum absolute atomic E-state index is 12.6. The molecule has 29 heavy (non-hydrogen) atoms. The second-order valence-electron chi connectivity index (χ2n) is 6.55. The van der Waals surface area contributed by atoms with Gasteiger partial charge in [0.05, 0.1) is 38.3 Å². The third-order valence-corrected chi connectivity index (χ3v) is 5.99. The topological polar surface area (TPSA) is 71.8 Å². The molecule has 0 amide bonds. The van der Waals surface area contributed by atoms with Gasteiger partial charge in [0.2, 0.25) is 0 Å². The highest BCUT2D eigenvalue weighted by atomic mass is 32.1. The average molecular weight is 414 g/mol. The fourth-order valence-electron chi connectivity index (χ4n) is 3.59. The lowest BCUT2D eigenvalue weighted by Crippen LogP contribution is -2.10. The Hall–Kier alpha value is -3.00. The van der Waals surface area contributed by atoms with Gasteiger partial charge in [0.1, 0.15) is 10.6 Å². The maximum atomic E-state index is 12.6. The molecule has 0 radical (unpaired) electrons. The van der Waals surface area contributed by atoms with Crippen molar-refractivity contribution in [3.8, 4) is 33.6 Å². The first-order valence-corrected chi connectivity index (χ1v) is 10.1. The first-order valence-electron chi connectivity index (χ1n) is 9.31. The summed E-state index contributed by atoms with van der Waals surface area (Å²) in [6.07, 6.45) is 3.45. The summed E-state index contributed by atoms with van der Waals surface area (Å²) in [6.45, 7) is 2.13. The summed E-state index contributed by atoms with van der Waals surface area (Å²) >= 11 is 1.31. The van der Waals surface area contributed by atoms with Gasteiger partial charge in [0.25, 0.3) is 0 Å². The van der Waals surface area contributed by atoms with Crippen LogP contribution in [0.4, 0.5) is 0 Å². The van der Waals surface area contributed by atoms with Gasteiger partial charge in [0, 0.05) is 13.1 Å². The Kier molecular flexibility index (Phi) is 5.19. The molecule has 0 aliphatic heterocycles. The SMILES string of the molecule is CCOC(=O)c1sc(Oc2ccc(OC)c(OC)c2)c2c1CCc1cnn(C)c1-2. The summed E-state index contributed by atoms with van der Waals surface area (Å²) < 4.78 is 24.0. The number of aryl methyl sites for hydroxylation is 2. The van der Waals surface area contributed by atoms with Crippen LogP contribution >= 0.6 is 11.3 Å². The van der Waals surface area contributed by atoms with Gasteiger partial charge in [-0.25, -0.2) is 4.79 Å². The predicted molar refractivity (Wildman–Crippen MR) is 110 cm³/mol. The molecule has 0 fully saturated rings. The Labute approximate surface area is 172 Å². The fourth-order valence-corrected chi connectivity index (χ4v) is 4.70. The molecule has 0 saturated carbocycles. The first-order chi connectivity index (χ1) is 14.1. The molecule has 152 valence electrons. The van der Waals surface area contributed by atoms with Gasteiger partial charge in [-0.3, -0.25) is 4.68 Å². The minimum Gasteiger partial charge on any atom is -0.493 e. The molecule has 4 rings (SSSR count). The van der Waals surface area contributed by atoms with E-state index in [1.54, 1.807) is 33.3 Å². The van der Waals surface area contributed by atoms with Gasteiger partial charge < -0.3 is 18.9 Å². The molecule has 1 aliphatic rings. The van der Waals surface area contributed by atoms with Crippen LogP contribution in [0.5, 0.6) is 22.3 Å². The number of ether oxygens (including phenoxy) is 4. The lowest BCUT2D eigenvalue weighted by atomic mass is 9.91. The molecular weight excluding hydrogens is 392 g/mol. The highest BCUT2D eigenvalue weighted by Gasteiger charge is 2.32. The van der Waals surface area contributed by atoms with Crippen molar-refractivity contribution in [2.45, 2.75) is 19.8 Å². The molecule has 0 atom stereocenters. The third kappa shape index (κ3) is 3.33. The zero-order valence-electron chi connectivity index (χ0n) is 16.8. The second-order valence-corrected chi connectivity index (χ2v) is 7.54. The van der Waals surface area contributed by atoms with Gasteiger partial charge in [-0.15, -0.1) is 0 Å². The number of hydrogen-bond donors (Lipinski definition) is 0. The van der Waals surface area contributed by atoms with Crippen molar-refractivity contribution in [1.29, 1.82) is 0 Å². The van der Waals surface area contributed by atoms with Gasteiger partial charge in [-0.05, 0) is 43.0 Å². The first kappa shape index (κ1) is 19.3. The lowest BCUT2D eigenvalue weighted by Gasteiger charge is -2.16. The van der Waals surface area contributed by atoms with Crippen LogP contribution in [0.2, 0.25) is 0 Å². The molecule has 1 aliphatic carbocycles. The fraction of sp³-hybridized carbons (Fsp3) is 0.333. The molecule has 0 N–H and O–H groups in total. The van der Waals surface area contributed by atoms with Crippen molar-refractivity contribution in [1.82, 2.24) is 9.78 Å². The summed E-state index contributed by atoms with van der Waals surface area (Å²) in [6, 6.07) is 5.36. The Morgan fingerprint density at radius 3 is 2.72 bits per heavy atom. The van der Waals surface area contributed by atoms with E-state index in [9.17, 15) is 4.79 Å². The smallest absolute Gasteiger partial charge is 0.348 e. The summed E-state index contributed by atoms with van der Waals surface area (Å²) in [5, 5.41) is 5.04. The number of nitrogens with zero attached hydrogens (tertiary/aromatic N) is 2. The molecule has 3 aromatic rings. The van der Waals surface area contributed by atoms with Crippen LogP contribution in [-0.2, 0) is 24.6 Å². The van der Waals surface area contributed by atoms with E-state index >= 15 is 0 Å². The van der Waals surface area contributed by atoms with Crippen LogP contribution in [0.1, 0.15) is 27.7 Å². The zero-order chi connectivity index (χ0) is 20.5. The van der Waals surface area contributed by atoms with Crippen molar-refractivity contribution in [2.24, 2.45) is 7.05 Å². The normalized spacial score (nSPS) is 12.1. The number of fused-ring (bicyclic) bond motifs is 3. The number of methoxy groups -OCH3 is 2. The van der Waals surface area contributed by atoms with Crippen molar-refractivity contribution < 1.29 is 23.7 Å². The van der Waals surface area contributed by atoms with Crippen LogP contribution in [0, 0.1) is 0 Å². The number of thiophene rings is 1. The Balaban J connectivity index is 1.82. The molecule has 0 bridgehead atoms. The van der Waals surface area contributed by atoms with E-state index in [4.69, 9.17) is 18.9 Å². The number of hydrogen-bond acceptors (Lipinski definition) is 7. The molecule has 1 aromatic carbocycles. The predicted octanol–water partition coefficient (Wildman–Crippen LogP) is 4.23. The van der Waals surface area contributed by atoms with Gasteiger partial charge in [-0.2, -0.15) is 5.10 Å². The number of rotatable bonds is 6. The Morgan fingerprint density at radius 2 is 2.00 bits per heavy atom. The molecule has 0 saturated heterocycles. The quantitative estimate of drug-likeness (QED) is 0.562. The van der Waals surface area contributed by atoms with Crippen LogP contribution in [0.25, 0.3) is 11.3 Å². The van der Waals surface area contributed by atoms with E-state index in [-0.39, 0.29) is 5.97 Å². The van der Waals surface area contributed by atoms with Crippen LogP contribution in [0.15, 0.2) is 24.4 Å². The third-order valence-electron chi connectivity index (χ3n) is 4.90. The molecule has 2 aromatic heterocycles. The number of benzene rings is 1. The van der Waals surface area contributed by atoms with Gasteiger partial charge in [-0.1, -0.05) is 11.3 Å². The van der Waals surface area contributed by atoms with E-state index in [2.05, 4.69) is 5.10 Å². The van der Waals surface area contributed by atoms with Crippen molar-refractivity contribution >= 4 is 17.3 Å². The highest BCUT2D eigenvalue weighted by molar-refractivity contribution is 7.16. The lowest BCUT2D eigenvalue weighted by molar-refractivity contribution is 0.0531. The van der Waals surface area contributed by atoms with Crippen LogP contribution in [-0.4, -0.2) is 36.6 Å². The summed E-state index contributed by atoms with van der Waals surface area (Å²) in [5.74, 6) is 1.47. The maximum Gasteiger partial charge on any atom is 0.348 e. The summed E-state index contributed by atoms with van der Waals surface area (Å²) in [5.41, 5.74) is 3.99. The largest absolute Gasteiger partial charge is 0.493 e. The molecule has 7 nitrogen and oxygen atoms in total. The molecule has 0 unspecified atom stereocenters. The van der Waals surface area contributed by atoms with E-state index in [0.717, 1.165) is 35.2 Å². The number of aromatic nitrogens is 2. The summed E-state index contributed by atoms with van der Waals surface area (Å²) in [7, 11) is 5.06. The Bertz CT molecular complexity index is 1070. The van der Waals surface area contributed by atoms with Crippen molar-refractivity contribution in [2.75, 3.05) is 20.8 Å². The second kappa shape index (κ2) is 7.79. The minimum absolute atomic E-state index is 0.318. The van der Waals surface area contributed by atoms with E-state index < -0.39 is 0 Å². The van der Waals surface area contributed by atoms with Crippen LogP contribution < -0.4 is 14.2 Å². The average Bonchev–Trinajstić information content (AvgIpc) is 3.28. The zero-order valence-corrected chi connectivity index (χ0v) is 17.6. The molecule has 0 spiro atoms. The molecule has 2 heterocycles. The van der Waals surface area contributed by atoms with Crippen molar-refractivity contribution in [3.63, 3.8) is 0 Å². The van der Waals surface area contributed by atoms with Crippen molar-refractivity contribution in [3.05, 3.63) is 40.4 Å².